The van der Waals surface area contributed by atoms with Gasteiger partial charge in [0, 0.05) is 16.7 Å². The number of aromatic nitrogens is 1. The molecule has 2 rings (SSSR count). The Bertz CT molecular complexity index is 428. The number of pyridine rings is 1. The molecule has 0 radical (unpaired) electrons. The van der Waals surface area contributed by atoms with Gasteiger partial charge in [-0.25, -0.2) is 4.98 Å². The minimum atomic E-state index is -0.0668. The van der Waals surface area contributed by atoms with Gasteiger partial charge in [-0.2, -0.15) is 0 Å². The number of amides is 1. The summed E-state index contributed by atoms with van der Waals surface area (Å²) in [7, 11) is 0. The van der Waals surface area contributed by atoms with Crippen LogP contribution in [-0.4, -0.2) is 16.9 Å². The first-order valence-corrected chi connectivity index (χ1v) is 7.18. The molecule has 0 aliphatic heterocycles. The maximum atomic E-state index is 12.2. The molecule has 1 aromatic heterocycles. The molecule has 0 spiro atoms. The van der Waals surface area contributed by atoms with Gasteiger partial charge in [0.25, 0.3) is 5.91 Å². The minimum Gasteiger partial charge on any atom is -0.384 e. The van der Waals surface area contributed by atoms with Gasteiger partial charge in [-0.1, -0.05) is 25.7 Å². The zero-order valence-corrected chi connectivity index (χ0v) is 11.9. The number of hydrogen-bond donors (Lipinski definition) is 2. The smallest absolute Gasteiger partial charge is 0.252 e. The monoisotopic (exact) mass is 311 g/mol. The minimum absolute atomic E-state index is 0.0668. The first-order valence-electron chi connectivity index (χ1n) is 6.38. The summed E-state index contributed by atoms with van der Waals surface area (Å²) in [6.45, 7) is 0. The number of nitrogen functional groups attached to an aromatic ring is 1. The number of nitrogens with two attached hydrogens (primary N) is 1. The first-order chi connectivity index (χ1) is 8.66. The standard InChI is InChI=1S/C13H18BrN3O/c14-11-8-16-12(15)7-10(11)13(18)17-9-5-3-1-2-4-6-9/h7-9H,1-6H2,(H2,15,16)(H,17,18). The second-order valence-corrected chi connectivity index (χ2v) is 5.61. The lowest BCUT2D eigenvalue weighted by Gasteiger charge is -2.16. The Labute approximate surface area is 115 Å². The molecule has 98 valence electrons. The number of halogens is 1. The van der Waals surface area contributed by atoms with Crippen LogP contribution in [0.2, 0.25) is 0 Å². The topological polar surface area (TPSA) is 68.0 Å². The van der Waals surface area contributed by atoms with E-state index in [1.54, 1.807) is 12.3 Å². The van der Waals surface area contributed by atoms with E-state index in [0.29, 0.717) is 21.9 Å². The predicted octanol–water partition coefficient (Wildman–Crippen LogP) is 2.88. The summed E-state index contributed by atoms with van der Waals surface area (Å²) in [4.78, 5) is 16.1. The molecule has 0 saturated heterocycles. The maximum absolute atomic E-state index is 12.2. The molecule has 1 aliphatic rings. The zero-order valence-electron chi connectivity index (χ0n) is 10.3. The van der Waals surface area contributed by atoms with Gasteiger partial charge < -0.3 is 11.1 Å². The number of nitrogens with one attached hydrogen (secondary N) is 1. The highest BCUT2D eigenvalue weighted by molar-refractivity contribution is 9.10. The van der Waals surface area contributed by atoms with Gasteiger partial charge in [-0.15, -0.1) is 0 Å². The van der Waals surface area contributed by atoms with Crippen LogP contribution in [0, 0.1) is 0 Å². The second-order valence-electron chi connectivity index (χ2n) is 4.75. The van der Waals surface area contributed by atoms with Crippen molar-refractivity contribution in [3.05, 3.63) is 22.3 Å². The van der Waals surface area contributed by atoms with Crippen LogP contribution in [0.25, 0.3) is 0 Å². The van der Waals surface area contributed by atoms with Gasteiger partial charge in [-0.3, -0.25) is 4.79 Å². The summed E-state index contributed by atoms with van der Waals surface area (Å²) < 4.78 is 0.683. The van der Waals surface area contributed by atoms with Crippen LogP contribution in [0.4, 0.5) is 5.82 Å². The number of carbonyl (C=O) groups is 1. The molecular formula is C13H18BrN3O. The lowest BCUT2D eigenvalue weighted by molar-refractivity contribution is 0.0932. The van der Waals surface area contributed by atoms with Crippen molar-refractivity contribution in [1.82, 2.24) is 10.3 Å². The number of hydrogen-bond acceptors (Lipinski definition) is 3. The van der Waals surface area contributed by atoms with Crippen molar-refractivity contribution in [2.75, 3.05) is 5.73 Å². The molecule has 1 saturated carbocycles. The third kappa shape index (κ3) is 3.45. The Hall–Kier alpha value is -1.10. The van der Waals surface area contributed by atoms with Gasteiger partial charge in [0.1, 0.15) is 5.82 Å². The van der Waals surface area contributed by atoms with Crippen LogP contribution in [0.1, 0.15) is 48.9 Å². The summed E-state index contributed by atoms with van der Waals surface area (Å²) in [5, 5.41) is 3.09. The van der Waals surface area contributed by atoms with Crippen LogP contribution in [0.15, 0.2) is 16.7 Å². The summed E-state index contributed by atoms with van der Waals surface area (Å²) >= 11 is 3.33. The van der Waals surface area contributed by atoms with Gasteiger partial charge >= 0.3 is 0 Å². The fourth-order valence-electron chi connectivity index (χ4n) is 2.32. The Kier molecular flexibility index (Phi) is 4.58. The van der Waals surface area contributed by atoms with E-state index in [4.69, 9.17) is 5.73 Å². The van der Waals surface area contributed by atoms with Crippen molar-refractivity contribution in [2.45, 2.75) is 44.6 Å². The van der Waals surface area contributed by atoms with E-state index in [0.717, 1.165) is 12.8 Å². The van der Waals surface area contributed by atoms with Crippen LogP contribution < -0.4 is 11.1 Å². The van der Waals surface area contributed by atoms with Crippen molar-refractivity contribution in [3.63, 3.8) is 0 Å². The van der Waals surface area contributed by atoms with E-state index in [9.17, 15) is 4.79 Å². The summed E-state index contributed by atoms with van der Waals surface area (Å²) in [5.74, 6) is 0.298. The summed E-state index contributed by atoms with van der Waals surface area (Å²) in [6.07, 6.45) is 8.66. The summed E-state index contributed by atoms with van der Waals surface area (Å²) in [6, 6.07) is 1.90. The molecule has 1 amide bonds. The number of carbonyl (C=O) groups excluding carboxylic acids is 1. The largest absolute Gasteiger partial charge is 0.384 e. The van der Waals surface area contributed by atoms with Crippen molar-refractivity contribution < 1.29 is 4.79 Å². The van der Waals surface area contributed by atoms with Gasteiger partial charge in [0.15, 0.2) is 0 Å². The Morgan fingerprint density at radius 1 is 1.33 bits per heavy atom. The molecule has 1 aliphatic carbocycles. The molecule has 0 unspecified atom stereocenters. The van der Waals surface area contributed by atoms with Gasteiger partial charge in [0.05, 0.1) is 5.56 Å². The Morgan fingerprint density at radius 2 is 2.00 bits per heavy atom. The van der Waals surface area contributed by atoms with Crippen LogP contribution in [0.3, 0.4) is 0 Å². The van der Waals surface area contributed by atoms with Crippen LogP contribution in [0.5, 0.6) is 0 Å². The molecule has 18 heavy (non-hydrogen) atoms. The van der Waals surface area contributed by atoms with E-state index in [-0.39, 0.29) is 5.91 Å². The van der Waals surface area contributed by atoms with Gasteiger partial charge in [-0.05, 0) is 34.8 Å². The quantitative estimate of drug-likeness (QED) is 0.825. The fraction of sp³-hybridized carbons (Fsp3) is 0.538. The predicted molar refractivity (Wildman–Crippen MR) is 75.3 cm³/mol. The molecule has 1 aromatic rings. The number of rotatable bonds is 2. The Morgan fingerprint density at radius 3 is 2.67 bits per heavy atom. The van der Waals surface area contributed by atoms with Crippen molar-refractivity contribution >= 4 is 27.7 Å². The lowest BCUT2D eigenvalue weighted by Crippen LogP contribution is -2.34. The van der Waals surface area contributed by atoms with Gasteiger partial charge in [0.2, 0.25) is 0 Å². The molecule has 4 nitrogen and oxygen atoms in total. The highest BCUT2D eigenvalue weighted by atomic mass is 79.9. The molecule has 0 aromatic carbocycles. The normalized spacial score (nSPS) is 17.2. The summed E-state index contributed by atoms with van der Waals surface area (Å²) in [5.41, 5.74) is 6.17. The molecule has 0 atom stereocenters. The third-order valence-corrected chi connectivity index (χ3v) is 3.94. The number of anilines is 1. The molecule has 5 heteroatoms. The average molecular weight is 312 g/mol. The SMILES string of the molecule is Nc1cc(C(=O)NC2CCCCCC2)c(Br)cn1. The van der Waals surface area contributed by atoms with Crippen molar-refractivity contribution in [2.24, 2.45) is 0 Å². The molecule has 1 fully saturated rings. The van der Waals surface area contributed by atoms with Crippen molar-refractivity contribution in [1.29, 1.82) is 0 Å². The highest BCUT2D eigenvalue weighted by Crippen LogP contribution is 2.20. The first kappa shape index (κ1) is 13.3. The second kappa shape index (κ2) is 6.18. The van der Waals surface area contributed by atoms with Crippen molar-refractivity contribution in [3.8, 4) is 0 Å². The third-order valence-electron chi connectivity index (χ3n) is 3.31. The Balaban J connectivity index is 2.04. The van der Waals surface area contributed by atoms with E-state index in [2.05, 4.69) is 26.2 Å². The van der Waals surface area contributed by atoms with E-state index in [1.807, 2.05) is 0 Å². The van der Waals surface area contributed by atoms with Crippen LogP contribution in [-0.2, 0) is 0 Å². The van der Waals surface area contributed by atoms with E-state index >= 15 is 0 Å². The zero-order chi connectivity index (χ0) is 13.0. The van der Waals surface area contributed by atoms with E-state index in [1.165, 1.54) is 25.7 Å². The highest BCUT2D eigenvalue weighted by Gasteiger charge is 2.17. The molecule has 1 heterocycles. The molecule has 3 N–H and O–H groups in total. The van der Waals surface area contributed by atoms with E-state index < -0.39 is 0 Å². The fourth-order valence-corrected chi connectivity index (χ4v) is 2.71. The number of nitrogens with zero attached hydrogens (tertiary/aromatic N) is 1. The maximum Gasteiger partial charge on any atom is 0.252 e. The lowest BCUT2D eigenvalue weighted by atomic mass is 10.1. The molecule has 0 bridgehead atoms. The molecular weight excluding hydrogens is 294 g/mol. The van der Waals surface area contributed by atoms with Crippen LogP contribution >= 0.6 is 15.9 Å². The average Bonchev–Trinajstić information content (AvgIpc) is 2.61.